The Hall–Kier alpha value is -2.12. The molecule has 2 N–H and O–H groups in total. The second-order valence-electron chi connectivity index (χ2n) is 5.95. The van der Waals surface area contributed by atoms with Crippen LogP contribution in [-0.2, 0) is 14.3 Å². The van der Waals surface area contributed by atoms with E-state index >= 15 is 0 Å². The predicted molar refractivity (Wildman–Crippen MR) is 91.5 cm³/mol. The van der Waals surface area contributed by atoms with Crippen molar-refractivity contribution in [1.82, 2.24) is 10.2 Å². The van der Waals surface area contributed by atoms with Crippen LogP contribution < -0.4 is 5.32 Å². The quantitative estimate of drug-likeness (QED) is 0.791. The van der Waals surface area contributed by atoms with Crippen molar-refractivity contribution in [2.24, 2.45) is 5.92 Å². The maximum absolute atomic E-state index is 12.5. The molecule has 2 atom stereocenters. The highest BCUT2D eigenvalue weighted by atomic mass is 35.5. The fourth-order valence-corrected chi connectivity index (χ4v) is 2.91. The Morgan fingerprint density at radius 2 is 2.04 bits per heavy atom. The third-order valence-corrected chi connectivity index (χ3v) is 4.37. The van der Waals surface area contributed by atoms with E-state index in [0.717, 1.165) is 0 Å². The standard InChI is InChI=1S/C17H21ClN2O5/c1-25-10-14(17(23)24)19-15(21)12-3-2-8-20(9-12)16(22)11-4-6-13(18)7-5-11/h4-7,12,14H,2-3,8-10H2,1H3,(H,19,21)(H,23,24). The van der Waals surface area contributed by atoms with Crippen LogP contribution in [0.3, 0.4) is 0 Å². The molecule has 0 bridgehead atoms. The van der Waals surface area contributed by atoms with Crippen LogP contribution in [0.15, 0.2) is 24.3 Å². The van der Waals surface area contributed by atoms with Gasteiger partial charge in [-0.05, 0) is 37.1 Å². The van der Waals surface area contributed by atoms with Crippen molar-refractivity contribution in [3.8, 4) is 0 Å². The molecule has 0 aromatic heterocycles. The van der Waals surface area contributed by atoms with Crippen molar-refractivity contribution in [3.05, 3.63) is 34.9 Å². The highest BCUT2D eigenvalue weighted by Crippen LogP contribution is 2.20. The van der Waals surface area contributed by atoms with E-state index in [4.69, 9.17) is 21.4 Å². The Bertz CT molecular complexity index is 634. The molecule has 136 valence electrons. The number of hydrogen-bond acceptors (Lipinski definition) is 4. The molecule has 2 amide bonds. The molecule has 1 aromatic rings. The number of amides is 2. The van der Waals surface area contributed by atoms with Gasteiger partial charge in [-0.15, -0.1) is 0 Å². The van der Waals surface area contributed by atoms with Gasteiger partial charge in [0.25, 0.3) is 5.91 Å². The van der Waals surface area contributed by atoms with Gasteiger partial charge in [-0.25, -0.2) is 4.79 Å². The molecule has 2 rings (SSSR count). The monoisotopic (exact) mass is 368 g/mol. The topological polar surface area (TPSA) is 95.9 Å². The van der Waals surface area contributed by atoms with E-state index in [1.54, 1.807) is 29.2 Å². The molecule has 8 heteroatoms. The summed E-state index contributed by atoms with van der Waals surface area (Å²) in [6, 6.07) is 5.48. The molecule has 1 aliphatic heterocycles. The molecule has 1 saturated heterocycles. The number of carbonyl (C=O) groups excluding carboxylic acids is 2. The van der Waals surface area contributed by atoms with Gasteiger partial charge in [0.05, 0.1) is 12.5 Å². The molecular formula is C17H21ClN2O5. The number of rotatable bonds is 6. The van der Waals surface area contributed by atoms with E-state index in [1.807, 2.05) is 0 Å². The second kappa shape index (κ2) is 8.82. The lowest BCUT2D eigenvalue weighted by atomic mass is 9.96. The van der Waals surface area contributed by atoms with Gasteiger partial charge in [0.2, 0.25) is 5.91 Å². The number of carbonyl (C=O) groups is 3. The maximum Gasteiger partial charge on any atom is 0.328 e. The van der Waals surface area contributed by atoms with Crippen molar-refractivity contribution < 1.29 is 24.2 Å². The van der Waals surface area contributed by atoms with Gasteiger partial charge in [0, 0.05) is 30.8 Å². The van der Waals surface area contributed by atoms with E-state index in [-0.39, 0.29) is 25.0 Å². The summed E-state index contributed by atoms with van der Waals surface area (Å²) in [6.07, 6.45) is 1.29. The highest BCUT2D eigenvalue weighted by Gasteiger charge is 2.31. The average molecular weight is 369 g/mol. The van der Waals surface area contributed by atoms with Crippen molar-refractivity contribution in [2.75, 3.05) is 26.8 Å². The van der Waals surface area contributed by atoms with Gasteiger partial charge in [0.1, 0.15) is 0 Å². The minimum Gasteiger partial charge on any atom is -0.480 e. The molecule has 0 spiro atoms. The smallest absolute Gasteiger partial charge is 0.328 e. The van der Waals surface area contributed by atoms with Gasteiger partial charge in [-0.2, -0.15) is 0 Å². The average Bonchev–Trinajstić information content (AvgIpc) is 2.61. The number of ether oxygens (including phenoxy) is 1. The number of carboxylic acids is 1. The van der Waals surface area contributed by atoms with Crippen molar-refractivity contribution in [1.29, 1.82) is 0 Å². The van der Waals surface area contributed by atoms with Crippen LogP contribution in [0.25, 0.3) is 0 Å². The van der Waals surface area contributed by atoms with E-state index in [0.29, 0.717) is 30.0 Å². The first kappa shape index (κ1) is 19.2. The van der Waals surface area contributed by atoms with Gasteiger partial charge in [-0.3, -0.25) is 9.59 Å². The van der Waals surface area contributed by atoms with Crippen LogP contribution in [-0.4, -0.2) is 60.6 Å². The van der Waals surface area contributed by atoms with Gasteiger partial charge >= 0.3 is 5.97 Å². The molecular weight excluding hydrogens is 348 g/mol. The van der Waals surface area contributed by atoms with Gasteiger partial charge in [-0.1, -0.05) is 11.6 Å². The zero-order valence-electron chi connectivity index (χ0n) is 13.9. The Balaban J connectivity index is 1.99. The van der Waals surface area contributed by atoms with E-state index < -0.39 is 17.9 Å². The fraction of sp³-hybridized carbons (Fsp3) is 0.471. The first-order chi connectivity index (χ1) is 11.9. The van der Waals surface area contributed by atoms with E-state index in [9.17, 15) is 14.4 Å². The lowest BCUT2D eigenvalue weighted by Crippen LogP contribution is -2.50. The number of nitrogens with one attached hydrogen (secondary N) is 1. The predicted octanol–water partition coefficient (Wildman–Crippen LogP) is 1.41. The summed E-state index contributed by atoms with van der Waals surface area (Å²) in [5, 5.41) is 12.1. The molecule has 7 nitrogen and oxygen atoms in total. The van der Waals surface area contributed by atoms with Crippen LogP contribution in [0.2, 0.25) is 5.02 Å². The summed E-state index contributed by atoms with van der Waals surface area (Å²) in [7, 11) is 1.37. The molecule has 2 unspecified atom stereocenters. The Kier molecular flexibility index (Phi) is 6.78. The fourth-order valence-electron chi connectivity index (χ4n) is 2.78. The van der Waals surface area contributed by atoms with Gasteiger partial charge in [0.15, 0.2) is 6.04 Å². The summed E-state index contributed by atoms with van der Waals surface area (Å²) in [4.78, 5) is 37.6. The lowest BCUT2D eigenvalue weighted by molar-refractivity contribution is -0.144. The normalized spacial score (nSPS) is 18.5. The van der Waals surface area contributed by atoms with Crippen molar-refractivity contribution >= 4 is 29.4 Å². The molecule has 1 aliphatic rings. The van der Waals surface area contributed by atoms with Crippen molar-refractivity contribution in [3.63, 3.8) is 0 Å². The largest absolute Gasteiger partial charge is 0.480 e. The molecule has 0 radical (unpaired) electrons. The Morgan fingerprint density at radius 1 is 1.36 bits per heavy atom. The summed E-state index contributed by atoms with van der Waals surface area (Å²) in [5.41, 5.74) is 0.508. The number of benzene rings is 1. The Morgan fingerprint density at radius 3 is 2.64 bits per heavy atom. The molecule has 0 aliphatic carbocycles. The number of nitrogens with zero attached hydrogens (tertiary/aromatic N) is 1. The first-order valence-corrected chi connectivity index (χ1v) is 8.37. The van der Waals surface area contributed by atoms with E-state index in [2.05, 4.69) is 5.32 Å². The number of piperidine rings is 1. The molecule has 25 heavy (non-hydrogen) atoms. The Labute approximate surface area is 150 Å². The SMILES string of the molecule is COCC(NC(=O)C1CCCN(C(=O)c2ccc(Cl)cc2)C1)C(=O)O. The molecule has 1 fully saturated rings. The highest BCUT2D eigenvalue weighted by molar-refractivity contribution is 6.30. The van der Waals surface area contributed by atoms with Crippen LogP contribution in [0.1, 0.15) is 23.2 Å². The number of likely N-dealkylation sites (tertiary alicyclic amines) is 1. The molecule has 1 aromatic carbocycles. The summed E-state index contributed by atoms with van der Waals surface area (Å²) >= 11 is 5.83. The molecule has 0 saturated carbocycles. The number of aliphatic carboxylic acids is 1. The van der Waals surface area contributed by atoms with Crippen LogP contribution in [0.5, 0.6) is 0 Å². The minimum atomic E-state index is -1.15. The van der Waals surface area contributed by atoms with Gasteiger partial charge < -0.3 is 20.1 Å². The van der Waals surface area contributed by atoms with Crippen molar-refractivity contribution in [2.45, 2.75) is 18.9 Å². The lowest BCUT2D eigenvalue weighted by Gasteiger charge is -2.32. The number of halogens is 1. The zero-order valence-corrected chi connectivity index (χ0v) is 14.7. The zero-order chi connectivity index (χ0) is 18.4. The summed E-state index contributed by atoms with van der Waals surface area (Å²) in [6.45, 7) is 0.708. The number of hydrogen-bond donors (Lipinski definition) is 2. The maximum atomic E-state index is 12.5. The summed E-state index contributed by atoms with van der Waals surface area (Å²) in [5.74, 6) is -2.14. The summed E-state index contributed by atoms with van der Waals surface area (Å²) < 4.78 is 4.81. The first-order valence-electron chi connectivity index (χ1n) is 7.99. The van der Waals surface area contributed by atoms with Crippen LogP contribution >= 0.6 is 11.6 Å². The second-order valence-corrected chi connectivity index (χ2v) is 6.39. The minimum absolute atomic E-state index is 0.110. The third-order valence-electron chi connectivity index (χ3n) is 4.12. The third kappa shape index (κ3) is 5.17. The molecule has 1 heterocycles. The van der Waals surface area contributed by atoms with Crippen LogP contribution in [0.4, 0.5) is 0 Å². The number of methoxy groups -OCH3 is 1. The van der Waals surface area contributed by atoms with E-state index in [1.165, 1.54) is 7.11 Å². The number of carboxylic acid groups (broad SMARTS) is 1. The van der Waals surface area contributed by atoms with Crippen LogP contribution in [0, 0.1) is 5.92 Å².